The number of rotatable bonds is 9. The molecule has 1 atom stereocenters. The van der Waals surface area contributed by atoms with Crippen LogP contribution in [0.4, 0.5) is 0 Å². The van der Waals surface area contributed by atoms with Gasteiger partial charge < -0.3 is 24.4 Å². The number of ether oxygens (including phenoxy) is 3. The minimum absolute atomic E-state index is 0.0169. The van der Waals surface area contributed by atoms with Crippen LogP contribution in [0.1, 0.15) is 37.7 Å². The van der Waals surface area contributed by atoms with Gasteiger partial charge in [-0.05, 0) is 37.0 Å². The maximum absolute atomic E-state index is 12.3. The second-order valence-corrected chi connectivity index (χ2v) is 7.78. The van der Waals surface area contributed by atoms with Crippen molar-refractivity contribution in [3.63, 3.8) is 0 Å². The van der Waals surface area contributed by atoms with Gasteiger partial charge in [0.15, 0.2) is 18.1 Å². The first kappa shape index (κ1) is 21.9. The molecule has 1 aliphatic heterocycles. The van der Waals surface area contributed by atoms with Crippen molar-refractivity contribution in [3.8, 4) is 11.5 Å². The van der Waals surface area contributed by atoms with Gasteiger partial charge in [0.1, 0.15) is 0 Å². The summed E-state index contributed by atoms with van der Waals surface area (Å²) in [6, 6.07) is 5.84. The summed E-state index contributed by atoms with van der Waals surface area (Å²) in [4.78, 5) is 38.3. The Bertz CT molecular complexity index is 775. The third-order valence-corrected chi connectivity index (χ3v) is 5.79. The molecule has 2 fully saturated rings. The highest BCUT2D eigenvalue weighted by Crippen LogP contribution is 2.30. The normalized spacial score (nSPS) is 19.1. The first-order chi connectivity index (χ1) is 14.5. The lowest BCUT2D eigenvalue weighted by atomic mass is 10.1. The number of amides is 2. The molecular weight excluding hydrogens is 388 g/mol. The predicted octanol–water partition coefficient (Wildman–Crippen LogP) is 1.70. The molecule has 0 aromatic heterocycles. The molecule has 1 aromatic rings. The van der Waals surface area contributed by atoms with Crippen LogP contribution in [0.5, 0.6) is 11.5 Å². The predicted molar refractivity (Wildman–Crippen MR) is 109 cm³/mol. The maximum atomic E-state index is 12.3. The number of nitrogens with one attached hydrogen (secondary N) is 1. The quantitative estimate of drug-likeness (QED) is 0.614. The van der Waals surface area contributed by atoms with Gasteiger partial charge in [0.25, 0.3) is 5.91 Å². The van der Waals surface area contributed by atoms with Crippen molar-refractivity contribution in [1.82, 2.24) is 10.2 Å². The number of carbonyl (C=O) groups is 3. The zero-order valence-corrected chi connectivity index (χ0v) is 17.6. The summed E-state index contributed by atoms with van der Waals surface area (Å²) in [6.07, 6.45) is 5.07. The number of carbonyl (C=O) groups excluding carboxylic acids is 3. The largest absolute Gasteiger partial charge is 0.493 e. The van der Waals surface area contributed by atoms with Crippen LogP contribution in [0.15, 0.2) is 18.2 Å². The molecular formula is C22H30N2O6. The molecule has 3 rings (SSSR count). The summed E-state index contributed by atoms with van der Waals surface area (Å²) >= 11 is 0. The average Bonchev–Trinajstić information content (AvgIpc) is 3.41. The molecule has 1 heterocycles. The Kier molecular flexibility index (Phi) is 7.54. The maximum Gasteiger partial charge on any atom is 0.311 e. The Labute approximate surface area is 176 Å². The van der Waals surface area contributed by atoms with Gasteiger partial charge in [-0.3, -0.25) is 14.4 Å². The van der Waals surface area contributed by atoms with Crippen LogP contribution in [0.25, 0.3) is 0 Å². The number of nitrogens with zero attached hydrogens (tertiary/aromatic N) is 1. The number of hydrogen-bond donors (Lipinski definition) is 1. The van der Waals surface area contributed by atoms with Gasteiger partial charge >= 0.3 is 5.97 Å². The summed E-state index contributed by atoms with van der Waals surface area (Å²) in [5.41, 5.74) is 0.987. The molecule has 1 aliphatic carbocycles. The van der Waals surface area contributed by atoms with E-state index in [1.807, 2.05) is 23.1 Å². The lowest BCUT2D eigenvalue weighted by Gasteiger charge is -2.23. The van der Waals surface area contributed by atoms with Crippen molar-refractivity contribution in [2.24, 2.45) is 5.92 Å². The Morgan fingerprint density at radius 1 is 1.13 bits per heavy atom. The van der Waals surface area contributed by atoms with Gasteiger partial charge in [0.2, 0.25) is 5.91 Å². The molecule has 1 aromatic carbocycles. The van der Waals surface area contributed by atoms with Crippen molar-refractivity contribution < 1.29 is 28.6 Å². The topological polar surface area (TPSA) is 94.2 Å². The number of hydrogen-bond acceptors (Lipinski definition) is 6. The summed E-state index contributed by atoms with van der Waals surface area (Å²) in [5.74, 6) is -0.0114. The Balaban J connectivity index is 1.37. The second kappa shape index (κ2) is 10.3. The smallest absolute Gasteiger partial charge is 0.311 e. The van der Waals surface area contributed by atoms with Crippen LogP contribution in [0.3, 0.4) is 0 Å². The molecule has 2 aliphatic rings. The lowest BCUT2D eigenvalue weighted by molar-refractivity contribution is -0.152. The number of esters is 1. The molecule has 8 heteroatoms. The van der Waals surface area contributed by atoms with Gasteiger partial charge in [-0.15, -0.1) is 0 Å². The highest BCUT2D eigenvalue weighted by atomic mass is 16.5. The van der Waals surface area contributed by atoms with E-state index in [9.17, 15) is 14.4 Å². The van der Waals surface area contributed by atoms with Gasteiger partial charge in [0.05, 0.1) is 20.1 Å². The first-order valence-electron chi connectivity index (χ1n) is 10.5. The zero-order chi connectivity index (χ0) is 21.5. The van der Waals surface area contributed by atoms with E-state index >= 15 is 0 Å². The van der Waals surface area contributed by atoms with Gasteiger partial charge in [-0.2, -0.15) is 0 Å². The molecule has 1 saturated heterocycles. The molecule has 0 spiro atoms. The van der Waals surface area contributed by atoms with Crippen LogP contribution >= 0.6 is 0 Å². The van der Waals surface area contributed by atoms with E-state index in [0.29, 0.717) is 31.0 Å². The number of likely N-dealkylation sites (tertiary alicyclic amines) is 1. The van der Waals surface area contributed by atoms with Crippen LogP contribution < -0.4 is 14.8 Å². The van der Waals surface area contributed by atoms with Crippen LogP contribution in [-0.4, -0.2) is 62.6 Å². The number of benzene rings is 1. The fourth-order valence-corrected chi connectivity index (χ4v) is 4.15. The first-order valence-corrected chi connectivity index (χ1v) is 10.5. The lowest BCUT2D eigenvalue weighted by Crippen LogP contribution is -2.35. The Hall–Kier alpha value is -2.77. The zero-order valence-electron chi connectivity index (χ0n) is 17.6. The third kappa shape index (κ3) is 5.43. The van der Waals surface area contributed by atoms with E-state index in [2.05, 4.69) is 5.32 Å². The van der Waals surface area contributed by atoms with E-state index in [1.165, 1.54) is 0 Å². The fraction of sp³-hybridized carbons (Fsp3) is 0.591. The number of methoxy groups -OCH3 is 2. The Morgan fingerprint density at radius 2 is 1.87 bits per heavy atom. The van der Waals surface area contributed by atoms with E-state index in [-0.39, 0.29) is 30.9 Å². The van der Waals surface area contributed by atoms with Crippen molar-refractivity contribution in [2.45, 2.75) is 44.6 Å². The minimum atomic E-state index is -0.474. The molecule has 0 radical (unpaired) electrons. The van der Waals surface area contributed by atoms with Crippen molar-refractivity contribution in [3.05, 3.63) is 23.8 Å². The van der Waals surface area contributed by atoms with Crippen LogP contribution in [-0.2, 0) is 25.5 Å². The highest BCUT2D eigenvalue weighted by Gasteiger charge is 2.39. The SMILES string of the molecule is COc1ccc(CCNC(=O)COC(=O)[C@H]2CC(=O)N(C3CCCC3)C2)cc1OC. The Morgan fingerprint density at radius 3 is 2.57 bits per heavy atom. The van der Waals surface area contributed by atoms with E-state index < -0.39 is 11.9 Å². The summed E-state index contributed by atoms with van der Waals surface area (Å²) in [6.45, 7) is 0.478. The van der Waals surface area contributed by atoms with Gasteiger partial charge in [-0.1, -0.05) is 18.9 Å². The van der Waals surface area contributed by atoms with Crippen LogP contribution in [0.2, 0.25) is 0 Å². The molecule has 0 bridgehead atoms. The van der Waals surface area contributed by atoms with Gasteiger partial charge in [-0.25, -0.2) is 0 Å². The molecule has 0 unspecified atom stereocenters. The van der Waals surface area contributed by atoms with Crippen molar-refractivity contribution in [2.75, 3.05) is 33.9 Å². The monoisotopic (exact) mass is 418 g/mol. The minimum Gasteiger partial charge on any atom is -0.493 e. The van der Waals surface area contributed by atoms with Crippen molar-refractivity contribution >= 4 is 17.8 Å². The molecule has 2 amide bonds. The van der Waals surface area contributed by atoms with Gasteiger partial charge in [0, 0.05) is 25.6 Å². The summed E-state index contributed by atoms with van der Waals surface area (Å²) in [5, 5.41) is 2.74. The summed E-state index contributed by atoms with van der Waals surface area (Å²) < 4.78 is 15.6. The van der Waals surface area contributed by atoms with E-state index in [1.54, 1.807) is 14.2 Å². The molecule has 1 saturated carbocycles. The fourth-order valence-electron chi connectivity index (χ4n) is 4.15. The van der Waals surface area contributed by atoms with Crippen LogP contribution in [0, 0.1) is 5.92 Å². The van der Waals surface area contributed by atoms with E-state index in [0.717, 1.165) is 31.2 Å². The van der Waals surface area contributed by atoms with E-state index in [4.69, 9.17) is 14.2 Å². The molecule has 8 nitrogen and oxygen atoms in total. The third-order valence-electron chi connectivity index (χ3n) is 5.79. The second-order valence-electron chi connectivity index (χ2n) is 7.78. The van der Waals surface area contributed by atoms with Crippen molar-refractivity contribution in [1.29, 1.82) is 0 Å². The highest BCUT2D eigenvalue weighted by molar-refractivity contribution is 5.88. The standard InChI is InChI=1S/C22H30N2O6/c1-28-18-8-7-15(11-19(18)29-2)9-10-23-20(25)14-30-22(27)16-12-21(26)24(13-16)17-5-3-4-6-17/h7-8,11,16-17H,3-6,9-10,12-14H2,1-2H3,(H,23,25)/t16-/m0/s1. The molecule has 164 valence electrons. The molecule has 1 N–H and O–H groups in total. The molecule has 30 heavy (non-hydrogen) atoms. The average molecular weight is 418 g/mol. The summed E-state index contributed by atoms with van der Waals surface area (Å²) in [7, 11) is 3.15.